The molecule has 41 heavy (non-hydrogen) atoms. The number of hydrogen-bond acceptors (Lipinski definition) is 4. The molecule has 4 nitrogen and oxygen atoms in total. The molecule has 0 saturated carbocycles. The van der Waals surface area contributed by atoms with Crippen LogP contribution in [0.3, 0.4) is 0 Å². The predicted molar refractivity (Wildman–Crippen MR) is 170 cm³/mol. The maximum Gasteiger partial charge on any atom is 0.159 e. The third-order valence-electron chi connectivity index (χ3n) is 7.93. The van der Waals surface area contributed by atoms with Crippen LogP contribution in [0, 0.1) is 0 Å². The normalized spacial score (nSPS) is 15.6. The van der Waals surface area contributed by atoms with Gasteiger partial charge >= 0.3 is 0 Å². The quantitative estimate of drug-likeness (QED) is 0.220. The second kappa shape index (κ2) is 9.33. The summed E-state index contributed by atoms with van der Waals surface area (Å²) < 4.78 is 6.38. The van der Waals surface area contributed by atoms with E-state index in [-0.39, 0.29) is 6.17 Å². The van der Waals surface area contributed by atoms with E-state index in [2.05, 4.69) is 90.8 Å². The van der Waals surface area contributed by atoms with E-state index in [4.69, 9.17) is 26.0 Å². The molecule has 0 aliphatic carbocycles. The first-order chi connectivity index (χ1) is 20.1. The second-order valence-electron chi connectivity index (χ2n) is 10.4. The molecule has 1 aliphatic heterocycles. The molecule has 1 aliphatic rings. The first-order valence-corrected chi connectivity index (χ1v) is 14.0. The van der Waals surface area contributed by atoms with Crippen LogP contribution >= 0.6 is 11.6 Å². The fourth-order valence-corrected chi connectivity index (χ4v) is 6.24. The van der Waals surface area contributed by atoms with E-state index in [1.165, 1.54) is 5.39 Å². The van der Waals surface area contributed by atoms with Gasteiger partial charge in [-0.25, -0.2) is 9.98 Å². The highest BCUT2D eigenvalue weighted by molar-refractivity contribution is 6.38. The van der Waals surface area contributed by atoms with E-state index < -0.39 is 0 Å². The average Bonchev–Trinajstić information content (AvgIpc) is 3.38. The van der Waals surface area contributed by atoms with Crippen molar-refractivity contribution in [1.29, 1.82) is 0 Å². The molecule has 7 aromatic rings. The van der Waals surface area contributed by atoms with E-state index >= 15 is 0 Å². The van der Waals surface area contributed by atoms with Gasteiger partial charge in [-0.2, -0.15) is 0 Å². The molecule has 6 aromatic carbocycles. The molecule has 1 aromatic heterocycles. The van der Waals surface area contributed by atoms with Crippen LogP contribution in [0.2, 0.25) is 5.02 Å². The molecule has 1 unspecified atom stereocenters. The fourth-order valence-electron chi connectivity index (χ4n) is 5.93. The van der Waals surface area contributed by atoms with Crippen LogP contribution in [-0.4, -0.2) is 23.6 Å². The molecule has 1 atom stereocenters. The Bertz CT molecular complexity index is 2190. The van der Waals surface area contributed by atoms with Gasteiger partial charge < -0.3 is 9.32 Å². The lowest BCUT2D eigenvalue weighted by atomic mass is 10.0. The van der Waals surface area contributed by atoms with Crippen LogP contribution in [0.4, 0.5) is 0 Å². The second-order valence-corrected chi connectivity index (χ2v) is 10.8. The predicted octanol–water partition coefficient (Wildman–Crippen LogP) is 9.38. The number of halogens is 1. The molecule has 0 N–H and O–H groups in total. The minimum absolute atomic E-state index is 0.256. The highest BCUT2D eigenvalue weighted by Gasteiger charge is 2.28. The first-order valence-electron chi connectivity index (χ1n) is 13.6. The van der Waals surface area contributed by atoms with E-state index in [0.717, 1.165) is 60.6 Å². The maximum absolute atomic E-state index is 6.99. The van der Waals surface area contributed by atoms with Crippen molar-refractivity contribution in [1.82, 2.24) is 4.90 Å². The Balaban J connectivity index is 1.34. The van der Waals surface area contributed by atoms with Crippen LogP contribution < -0.4 is 0 Å². The Kier molecular flexibility index (Phi) is 5.44. The molecular formula is C36H24ClN3O. The van der Waals surface area contributed by atoms with Crippen molar-refractivity contribution in [3.05, 3.63) is 143 Å². The Hall–Kier alpha value is -4.93. The molecule has 8 rings (SSSR count). The number of rotatable bonds is 3. The van der Waals surface area contributed by atoms with Gasteiger partial charge in [-0.15, -0.1) is 0 Å². The van der Waals surface area contributed by atoms with Gasteiger partial charge in [0.2, 0.25) is 0 Å². The molecule has 5 heteroatoms. The van der Waals surface area contributed by atoms with Crippen molar-refractivity contribution in [3.8, 4) is 0 Å². The summed E-state index contributed by atoms with van der Waals surface area (Å²) in [5.41, 5.74) is 4.49. The van der Waals surface area contributed by atoms with Crippen LogP contribution in [-0.2, 0) is 0 Å². The molecule has 0 fully saturated rings. The molecule has 0 amide bonds. The Morgan fingerprint density at radius 2 is 1.39 bits per heavy atom. The Morgan fingerprint density at radius 3 is 2.22 bits per heavy atom. The number of fused-ring (bicyclic) bond motifs is 5. The van der Waals surface area contributed by atoms with E-state index in [1.807, 2.05) is 42.5 Å². The van der Waals surface area contributed by atoms with Crippen molar-refractivity contribution in [2.24, 2.45) is 9.98 Å². The van der Waals surface area contributed by atoms with Gasteiger partial charge in [0, 0.05) is 28.9 Å². The lowest BCUT2D eigenvalue weighted by molar-refractivity contribution is 0.383. The van der Waals surface area contributed by atoms with Crippen molar-refractivity contribution in [3.63, 3.8) is 0 Å². The lowest BCUT2D eigenvalue weighted by Gasteiger charge is -2.33. The van der Waals surface area contributed by atoms with E-state index in [9.17, 15) is 0 Å². The summed E-state index contributed by atoms with van der Waals surface area (Å²) in [6, 6.07) is 41.6. The largest absolute Gasteiger partial charge is 0.456 e. The number of hydrogen-bond donors (Lipinski definition) is 0. The zero-order chi connectivity index (χ0) is 27.5. The monoisotopic (exact) mass is 549 g/mol. The minimum Gasteiger partial charge on any atom is -0.456 e. The van der Waals surface area contributed by atoms with Gasteiger partial charge in [0.25, 0.3) is 0 Å². The van der Waals surface area contributed by atoms with Crippen LogP contribution in [0.1, 0.15) is 22.9 Å². The van der Waals surface area contributed by atoms with Gasteiger partial charge in [0.15, 0.2) is 5.84 Å². The average molecular weight is 550 g/mol. The fraction of sp³-hybridized carbons (Fsp3) is 0.0556. The molecule has 0 spiro atoms. The summed E-state index contributed by atoms with van der Waals surface area (Å²) >= 11 is 6.99. The summed E-state index contributed by atoms with van der Waals surface area (Å²) in [7, 11) is 2.05. The molecule has 196 valence electrons. The van der Waals surface area contributed by atoms with Gasteiger partial charge in [-0.3, -0.25) is 0 Å². The summed E-state index contributed by atoms with van der Waals surface area (Å²) in [6.45, 7) is 0. The van der Waals surface area contributed by atoms with Gasteiger partial charge in [0.05, 0.1) is 5.02 Å². The van der Waals surface area contributed by atoms with Crippen molar-refractivity contribution in [2.45, 2.75) is 6.17 Å². The zero-order valence-corrected chi connectivity index (χ0v) is 23.0. The number of benzene rings is 6. The summed E-state index contributed by atoms with van der Waals surface area (Å²) in [4.78, 5) is 12.5. The number of aliphatic imine (C=N–C) groups is 2. The molecule has 0 saturated heterocycles. The van der Waals surface area contributed by atoms with Crippen LogP contribution in [0.5, 0.6) is 0 Å². The zero-order valence-electron chi connectivity index (χ0n) is 22.3. The summed E-state index contributed by atoms with van der Waals surface area (Å²) in [5.74, 6) is 1.47. The van der Waals surface area contributed by atoms with Crippen LogP contribution in [0.25, 0.3) is 43.5 Å². The smallest absolute Gasteiger partial charge is 0.159 e. The van der Waals surface area contributed by atoms with Gasteiger partial charge in [-0.05, 0) is 51.4 Å². The third-order valence-corrected chi connectivity index (χ3v) is 8.23. The van der Waals surface area contributed by atoms with Gasteiger partial charge in [0.1, 0.15) is 23.2 Å². The third kappa shape index (κ3) is 3.91. The SMILES string of the molecule is CN1C(c2cccc3ccccc23)=NC(c2cc(Cl)c3c(c2)oc2cc4ccccc4cc23)=NC1c1ccccc1. The summed E-state index contributed by atoms with van der Waals surface area (Å²) in [5, 5.41) is 7.12. The highest BCUT2D eigenvalue weighted by atomic mass is 35.5. The van der Waals surface area contributed by atoms with E-state index in [1.54, 1.807) is 0 Å². The molecule has 0 radical (unpaired) electrons. The van der Waals surface area contributed by atoms with Crippen molar-refractivity contribution >= 4 is 66.8 Å². The number of amidine groups is 2. The minimum atomic E-state index is -0.256. The molecule has 0 bridgehead atoms. The van der Waals surface area contributed by atoms with Crippen molar-refractivity contribution < 1.29 is 4.42 Å². The number of furan rings is 1. The summed E-state index contributed by atoms with van der Waals surface area (Å²) in [6.07, 6.45) is -0.256. The highest BCUT2D eigenvalue weighted by Crippen LogP contribution is 2.38. The lowest BCUT2D eigenvalue weighted by Crippen LogP contribution is -2.35. The van der Waals surface area contributed by atoms with Crippen molar-refractivity contribution in [2.75, 3.05) is 7.05 Å². The van der Waals surface area contributed by atoms with E-state index in [0.29, 0.717) is 10.9 Å². The Morgan fingerprint density at radius 1 is 0.683 bits per heavy atom. The number of nitrogens with zero attached hydrogens (tertiary/aromatic N) is 3. The first kappa shape index (κ1) is 23.9. The molecule has 2 heterocycles. The molecular weight excluding hydrogens is 526 g/mol. The maximum atomic E-state index is 6.99. The van der Waals surface area contributed by atoms with Gasteiger partial charge in [-0.1, -0.05) is 109 Å². The topological polar surface area (TPSA) is 41.1 Å². The Labute approximate surface area is 241 Å². The standard InChI is InChI=1S/C36H24ClN3O/c1-40-35(23-11-3-2-4-12-23)38-34(39-36(40)28-17-9-15-22-10-7-8-16-27(22)28)26-19-30(37)33-29-18-24-13-5-6-14-25(24)20-31(29)41-32(33)21-26/h2-21,35H,1H3. The van der Waals surface area contributed by atoms with Crippen LogP contribution in [0.15, 0.2) is 136 Å².